The molecular weight excluding hydrogens is 292 g/mol. The van der Waals surface area contributed by atoms with Crippen molar-refractivity contribution in [2.75, 3.05) is 19.8 Å². The Kier molecular flexibility index (Phi) is 5.45. The SMILES string of the molecule is CC(O)(CNC(=O)NC1CCOCC1)c1ccc(Cl)cc1. The van der Waals surface area contributed by atoms with Gasteiger partial charge in [-0.05, 0) is 37.5 Å². The van der Waals surface area contributed by atoms with Gasteiger partial charge < -0.3 is 20.5 Å². The smallest absolute Gasteiger partial charge is 0.315 e. The van der Waals surface area contributed by atoms with Crippen molar-refractivity contribution >= 4 is 17.6 Å². The van der Waals surface area contributed by atoms with E-state index in [9.17, 15) is 9.90 Å². The fraction of sp³-hybridized carbons (Fsp3) is 0.533. The average Bonchev–Trinajstić information content (AvgIpc) is 2.47. The molecule has 2 rings (SSSR count). The maximum atomic E-state index is 11.8. The van der Waals surface area contributed by atoms with Crippen LogP contribution in [0.1, 0.15) is 25.3 Å². The Morgan fingerprint density at radius 1 is 1.38 bits per heavy atom. The Labute approximate surface area is 129 Å². The van der Waals surface area contributed by atoms with Gasteiger partial charge in [0.1, 0.15) is 5.60 Å². The highest BCUT2D eigenvalue weighted by molar-refractivity contribution is 6.30. The molecule has 1 unspecified atom stereocenters. The summed E-state index contributed by atoms with van der Waals surface area (Å²) in [5.41, 5.74) is -0.435. The van der Waals surface area contributed by atoms with Crippen molar-refractivity contribution in [3.63, 3.8) is 0 Å². The van der Waals surface area contributed by atoms with Crippen LogP contribution in [0.5, 0.6) is 0 Å². The van der Waals surface area contributed by atoms with Gasteiger partial charge in [-0.3, -0.25) is 0 Å². The third kappa shape index (κ3) is 4.88. The second-order valence-electron chi connectivity index (χ2n) is 5.49. The monoisotopic (exact) mass is 312 g/mol. The third-order valence-corrected chi connectivity index (χ3v) is 3.87. The number of benzene rings is 1. The van der Waals surface area contributed by atoms with Crippen LogP contribution in [-0.4, -0.2) is 36.9 Å². The van der Waals surface area contributed by atoms with Gasteiger partial charge in [0.15, 0.2) is 0 Å². The third-order valence-electron chi connectivity index (χ3n) is 3.62. The van der Waals surface area contributed by atoms with Gasteiger partial charge in [-0.2, -0.15) is 0 Å². The first-order valence-electron chi connectivity index (χ1n) is 7.08. The number of hydrogen-bond donors (Lipinski definition) is 3. The second-order valence-corrected chi connectivity index (χ2v) is 5.93. The fourth-order valence-corrected chi connectivity index (χ4v) is 2.37. The molecule has 116 valence electrons. The van der Waals surface area contributed by atoms with Crippen molar-refractivity contribution in [1.29, 1.82) is 0 Å². The van der Waals surface area contributed by atoms with E-state index < -0.39 is 5.60 Å². The van der Waals surface area contributed by atoms with Crippen LogP contribution in [0.2, 0.25) is 5.02 Å². The molecule has 1 aromatic carbocycles. The maximum Gasteiger partial charge on any atom is 0.315 e. The minimum atomic E-state index is -1.14. The lowest BCUT2D eigenvalue weighted by molar-refractivity contribution is 0.0579. The summed E-state index contributed by atoms with van der Waals surface area (Å²) in [6, 6.07) is 6.80. The lowest BCUT2D eigenvalue weighted by Gasteiger charge is -2.26. The van der Waals surface area contributed by atoms with E-state index in [1.165, 1.54) is 0 Å². The van der Waals surface area contributed by atoms with Crippen molar-refractivity contribution < 1.29 is 14.6 Å². The summed E-state index contributed by atoms with van der Waals surface area (Å²) in [6.07, 6.45) is 1.64. The molecule has 0 radical (unpaired) electrons. The number of aliphatic hydroxyl groups is 1. The lowest BCUT2D eigenvalue weighted by Crippen LogP contribution is -2.48. The molecule has 1 aliphatic heterocycles. The molecule has 6 heteroatoms. The number of carbonyl (C=O) groups is 1. The number of rotatable bonds is 4. The van der Waals surface area contributed by atoms with E-state index >= 15 is 0 Å². The minimum Gasteiger partial charge on any atom is -0.384 e. The van der Waals surface area contributed by atoms with Crippen molar-refractivity contribution in [2.24, 2.45) is 0 Å². The average molecular weight is 313 g/mol. The van der Waals surface area contributed by atoms with Crippen LogP contribution < -0.4 is 10.6 Å². The topological polar surface area (TPSA) is 70.6 Å². The second kappa shape index (κ2) is 7.11. The Morgan fingerprint density at radius 3 is 2.62 bits per heavy atom. The van der Waals surface area contributed by atoms with Gasteiger partial charge in [0.25, 0.3) is 0 Å². The van der Waals surface area contributed by atoms with E-state index in [0.29, 0.717) is 23.8 Å². The first kappa shape index (κ1) is 16.1. The molecule has 1 aromatic rings. The molecule has 2 amide bonds. The van der Waals surface area contributed by atoms with Crippen LogP contribution in [0, 0.1) is 0 Å². The molecule has 1 atom stereocenters. The first-order valence-corrected chi connectivity index (χ1v) is 7.46. The predicted octanol–water partition coefficient (Wildman–Crippen LogP) is 2.03. The van der Waals surface area contributed by atoms with E-state index in [1.807, 2.05) is 0 Å². The van der Waals surface area contributed by atoms with Crippen LogP contribution >= 0.6 is 11.6 Å². The zero-order chi connectivity index (χ0) is 15.3. The van der Waals surface area contributed by atoms with Gasteiger partial charge in [-0.25, -0.2) is 4.79 Å². The highest BCUT2D eigenvalue weighted by Gasteiger charge is 2.24. The van der Waals surface area contributed by atoms with Gasteiger partial charge in [0.05, 0.1) is 6.54 Å². The van der Waals surface area contributed by atoms with Crippen LogP contribution in [0.15, 0.2) is 24.3 Å². The molecule has 1 heterocycles. The van der Waals surface area contributed by atoms with Crippen LogP contribution in [-0.2, 0) is 10.3 Å². The van der Waals surface area contributed by atoms with Gasteiger partial charge in [0, 0.05) is 24.3 Å². The fourth-order valence-electron chi connectivity index (χ4n) is 2.24. The number of halogens is 1. The zero-order valence-corrected chi connectivity index (χ0v) is 12.8. The largest absolute Gasteiger partial charge is 0.384 e. The number of amides is 2. The Balaban J connectivity index is 1.82. The van der Waals surface area contributed by atoms with Gasteiger partial charge in [-0.15, -0.1) is 0 Å². The Morgan fingerprint density at radius 2 is 2.00 bits per heavy atom. The molecule has 3 N–H and O–H groups in total. The maximum absolute atomic E-state index is 11.8. The van der Waals surface area contributed by atoms with Crippen LogP contribution in [0.3, 0.4) is 0 Å². The first-order chi connectivity index (χ1) is 9.97. The summed E-state index contributed by atoms with van der Waals surface area (Å²) in [7, 11) is 0. The molecule has 0 spiro atoms. The Bertz CT molecular complexity index is 470. The van der Waals surface area contributed by atoms with Crippen molar-refractivity contribution in [3.8, 4) is 0 Å². The molecule has 1 saturated heterocycles. The molecular formula is C15H21ClN2O3. The molecule has 1 aliphatic rings. The minimum absolute atomic E-state index is 0.129. The van der Waals surface area contributed by atoms with Crippen molar-refractivity contribution in [2.45, 2.75) is 31.4 Å². The normalized spacial score (nSPS) is 18.8. The van der Waals surface area contributed by atoms with E-state index in [-0.39, 0.29) is 18.6 Å². The predicted molar refractivity (Wildman–Crippen MR) is 81.4 cm³/mol. The summed E-state index contributed by atoms with van der Waals surface area (Å²) in [6.45, 7) is 3.13. The van der Waals surface area contributed by atoms with E-state index in [0.717, 1.165) is 12.8 Å². The van der Waals surface area contributed by atoms with Crippen molar-refractivity contribution in [1.82, 2.24) is 10.6 Å². The number of carbonyl (C=O) groups excluding carboxylic acids is 1. The molecule has 21 heavy (non-hydrogen) atoms. The molecule has 5 nitrogen and oxygen atoms in total. The number of urea groups is 1. The quantitative estimate of drug-likeness (QED) is 0.796. The summed E-state index contributed by atoms with van der Waals surface area (Å²) < 4.78 is 5.24. The molecule has 0 aliphatic carbocycles. The molecule has 0 bridgehead atoms. The van der Waals surface area contributed by atoms with E-state index in [2.05, 4.69) is 10.6 Å². The number of ether oxygens (including phenoxy) is 1. The van der Waals surface area contributed by atoms with E-state index in [4.69, 9.17) is 16.3 Å². The van der Waals surface area contributed by atoms with Gasteiger partial charge >= 0.3 is 6.03 Å². The summed E-state index contributed by atoms with van der Waals surface area (Å²) in [5.74, 6) is 0. The highest BCUT2D eigenvalue weighted by atomic mass is 35.5. The van der Waals surface area contributed by atoms with Gasteiger partial charge in [-0.1, -0.05) is 23.7 Å². The standard InChI is InChI=1S/C15H21ClN2O3/c1-15(20,11-2-4-12(16)5-3-11)10-17-14(19)18-13-6-8-21-9-7-13/h2-5,13,20H,6-10H2,1H3,(H2,17,18,19). The van der Waals surface area contributed by atoms with Crippen LogP contribution in [0.25, 0.3) is 0 Å². The Hall–Kier alpha value is -1.30. The summed E-state index contributed by atoms with van der Waals surface area (Å²) in [5, 5.41) is 16.6. The molecule has 0 aromatic heterocycles. The molecule has 0 saturated carbocycles. The van der Waals surface area contributed by atoms with Crippen LogP contribution in [0.4, 0.5) is 4.79 Å². The number of hydrogen-bond acceptors (Lipinski definition) is 3. The van der Waals surface area contributed by atoms with Gasteiger partial charge in [0.2, 0.25) is 0 Å². The van der Waals surface area contributed by atoms with Crippen molar-refractivity contribution in [3.05, 3.63) is 34.9 Å². The summed E-state index contributed by atoms with van der Waals surface area (Å²) in [4.78, 5) is 11.8. The molecule has 1 fully saturated rings. The summed E-state index contributed by atoms with van der Waals surface area (Å²) >= 11 is 5.83. The lowest BCUT2D eigenvalue weighted by atomic mass is 9.96. The zero-order valence-electron chi connectivity index (χ0n) is 12.1. The number of nitrogens with one attached hydrogen (secondary N) is 2. The van der Waals surface area contributed by atoms with E-state index in [1.54, 1.807) is 31.2 Å². The highest BCUT2D eigenvalue weighted by Crippen LogP contribution is 2.21.